The van der Waals surface area contributed by atoms with Crippen LogP contribution in [0, 0.1) is 19.3 Å². The van der Waals surface area contributed by atoms with Crippen LogP contribution in [0.4, 0.5) is 0 Å². The van der Waals surface area contributed by atoms with Crippen molar-refractivity contribution < 1.29 is 28.2 Å². The number of terminal acetylenes is 1. The summed E-state index contributed by atoms with van der Waals surface area (Å²) in [4.78, 5) is 29.8. The van der Waals surface area contributed by atoms with Gasteiger partial charge in [-0.3, -0.25) is 0 Å². The number of hydrogen-bond acceptors (Lipinski definition) is 7. The molecule has 0 saturated heterocycles. The summed E-state index contributed by atoms with van der Waals surface area (Å²) in [6.07, 6.45) is 7.57. The second-order valence-electron chi connectivity index (χ2n) is 6.82. The molecule has 0 amide bonds. The maximum atomic E-state index is 11.6. The molecule has 0 aliphatic carbocycles. The molecule has 1 aromatic heterocycles. The number of aryl methyl sites for hydroxylation is 1. The Bertz CT molecular complexity index is 1130. The van der Waals surface area contributed by atoms with E-state index < -0.39 is 14.2 Å². The van der Waals surface area contributed by atoms with Gasteiger partial charge in [0.15, 0.2) is 0 Å². The van der Waals surface area contributed by atoms with Crippen LogP contribution in [0.3, 0.4) is 0 Å². The maximum absolute atomic E-state index is 11.6. The first-order valence-electron chi connectivity index (χ1n) is 9.68. The SMILES string of the molecule is C#CCCCCOc1cc(OP(O)O)ccc1COc1ccc2c(C)cc(=O)oc2c1. The molecule has 0 aliphatic rings. The van der Waals surface area contributed by atoms with Crippen molar-refractivity contribution in [1.29, 1.82) is 0 Å². The quantitative estimate of drug-likeness (QED) is 0.207. The Kier molecular flexibility index (Phi) is 7.91. The summed E-state index contributed by atoms with van der Waals surface area (Å²) < 4.78 is 22.0. The first kappa shape index (κ1) is 22.6. The van der Waals surface area contributed by atoms with Gasteiger partial charge in [-0.15, -0.1) is 12.3 Å². The van der Waals surface area contributed by atoms with Crippen LogP contribution in [0.2, 0.25) is 0 Å². The number of benzene rings is 2. The second kappa shape index (κ2) is 10.8. The van der Waals surface area contributed by atoms with Gasteiger partial charge in [0.05, 0.1) is 6.61 Å². The number of rotatable bonds is 10. The third-order valence-corrected chi connectivity index (χ3v) is 4.89. The van der Waals surface area contributed by atoms with E-state index in [1.165, 1.54) is 6.07 Å². The summed E-state index contributed by atoms with van der Waals surface area (Å²) in [6.45, 7) is 2.49. The largest absolute Gasteiger partial charge is 0.493 e. The summed E-state index contributed by atoms with van der Waals surface area (Å²) in [5.74, 6) is 3.92. The standard InChI is InChI=1S/C23H23O7P/c1-3-4-5-6-11-27-21-14-19(30-31(25)26)8-7-17(21)15-28-18-9-10-20-16(2)12-23(24)29-22(20)13-18/h1,7-10,12-14,25-26H,4-6,11,15H2,2H3. The Balaban J connectivity index is 1.75. The van der Waals surface area contributed by atoms with Gasteiger partial charge in [-0.25, -0.2) is 4.79 Å². The number of hydrogen-bond donors (Lipinski definition) is 2. The number of fused-ring (bicyclic) bond motifs is 1. The molecule has 0 atom stereocenters. The molecule has 7 nitrogen and oxygen atoms in total. The molecule has 0 fully saturated rings. The fourth-order valence-electron chi connectivity index (χ4n) is 3.01. The van der Waals surface area contributed by atoms with Crippen LogP contribution in [0.5, 0.6) is 17.2 Å². The normalized spacial score (nSPS) is 10.8. The summed E-state index contributed by atoms with van der Waals surface area (Å²) in [5, 5.41) is 0.842. The lowest BCUT2D eigenvalue weighted by molar-refractivity contribution is 0.274. The third kappa shape index (κ3) is 6.47. The van der Waals surface area contributed by atoms with Crippen LogP contribution in [-0.2, 0) is 6.61 Å². The van der Waals surface area contributed by atoms with Gasteiger partial charge in [0.1, 0.15) is 29.4 Å². The van der Waals surface area contributed by atoms with E-state index in [9.17, 15) is 4.79 Å². The first-order chi connectivity index (χ1) is 15.0. The minimum absolute atomic E-state index is 0.189. The smallest absolute Gasteiger partial charge is 0.391 e. The molecule has 0 saturated carbocycles. The average Bonchev–Trinajstić information content (AvgIpc) is 2.72. The van der Waals surface area contributed by atoms with Crippen LogP contribution in [0.25, 0.3) is 11.0 Å². The van der Waals surface area contributed by atoms with E-state index in [1.54, 1.807) is 30.3 Å². The average molecular weight is 442 g/mol. The van der Waals surface area contributed by atoms with Gasteiger partial charge in [-0.1, -0.05) is 0 Å². The van der Waals surface area contributed by atoms with Crippen molar-refractivity contribution >= 4 is 19.6 Å². The van der Waals surface area contributed by atoms with E-state index in [0.717, 1.165) is 29.4 Å². The molecule has 162 valence electrons. The van der Waals surface area contributed by atoms with Gasteiger partial charge in [0.25, 0.3) is 0 Å². The Morgan fingerprint density at radius 2 is 1.87 bits per heavy atom. The Labute approximate surface area is 181 Å². The van der Waals surface area contributed by atoms with E-state index >= 15 is 0 Å². The highest BCUT2D eigenvalue weighted by atomic mass is 31.2. The summed E-state index contributed by atoms with van der Waals surface area (Å²) in [7, 11) is -2.53. The highest BCUT2D eigenvalue weighted by Gasteiger charge is 2.11. The highest BCUT2D eigenvalue weighted by molar-refractivity contribution is 7.39. The van der Waals surface area contributed by atoms with E-state index in [0.29, 0.717) is 30.1 Å². The zero-order chi connectivity index (χ0) is 22.2. The lowest BCUT2D eigenvalue weighted by Crippen LogP contribution is -2.04. The van der Waals surface area contributed by atoms with Crippen LogP contribution in [-0.4, -0.2) is 16.4 Å². The van der Waals surface area contributed by atoms with Crippen molar-refractivity contribution in [2.24, 2.45) is 0 Å². The zero-order valence-corrected chi connectivity index (χ0v) is 17.9. The Hall–Kier alpha value is -3.04. The minimum atomic E-state index is -2.53. The van der Waals surface area contributed by atoms with Crippen LogP contribution < -0.4 is 19.6 Å². The fourth-order valence-corrected chi connectivity index (χ4v) is 3.31. The van der Waals surface area contributed by atoms with Crippen molar-refractivity contribution in [3.63, 3.8) is 0 Å². The molecule has 8 heteroatoms. The van der Waals surface area contributed by atoms with E-state index in [-0.39, 0.29) is 12.4 Å². The van der Waals surface area contributed by atoms with Crippen LogP contribution in [0.15, 0.2) is 51.7 Å². The van der Waals surface area contributed by atoms with Crippen molar-refractivity contribution in [2.75, 3.05) is 6.61 Å². The molecular weight excluding hydrogens is 419 g/mol. The first-order valence-corrected chi connectivity index (χ1v) is 10.8. The molecule has 0 spiro atoms. The molecule has 2 aromatic carbocycles. The lowest BCUT2D eigenvalue weighted by atomic mass is 10.1. The van der Waals surface area contributed by atoms with E-state index in [2.05, 4.69) is 5.92 Å². The molecule has 0 unspecified atom stereocenters. The van der Waals surface area contributed by atoms with Crippen LogP contribution in [0.1, 0.15) is 30.4 Å². The molecular formula is C23H23O7P. The highest BCUT2D eigenvalue weighted by Crippen LogP contribution is 2.33. The zero-order valence-electron chi connectivity index (χ0n) is 17.0. The molecule has 1 heterocycles. The summed E-state index contributed by atoms with van der Waals surface area (Å²) in [6, 6.07) is 11.7. The molecule has 3 rings (SSSR count). The second-order valence-corrected chi connectivity index (χ2v) is 7.51. The summed E-state index contributed by atoms with van der Waals surface area (Å²) >= 11 is 0. The van der Waals surface area contributed by atoms with Gasteiger partial charge in [-0.05, 0) is 49.6 Å². The molecule has 0 bridgehead atoms. The monoisotopic (exact) mass is 442 g/mol. The van der Waals surface area contributed by atoms with Crippen molar-refractivity contribution in [2.45, 2.75) is 32.8 Å². The van der Waals surface area contributed by atoms with E-state index in [4.69, 9.17) is 34.6 Å². The maximum Gasteiger partial charge on any atom is 0.391 e. The van der Waals surface area contributed by atoms with Gasteiger partial charge < -0.3 is 28.2 Å². The topological polar surface area (TPSA) is 98.4 Å². The van der Waals surface area contributed by atoms with Crippen molar-refractivity contribution in [3.8, 4) is 29.6 Å². The van der Waals surface area contributed by atoms with Gasteiger partial charge in [-0.2, -0.15) is 0 Å². The third-order valence-electron chi connectivity index (χ3n) is 4.52. The van der Waals surface area contributed by atoms with Crippen molar-refractivity contribution in [3.05, 3.63) is 64.0 Å². The molecule has 3 aromatic rings. The van der Waals surface area contributed by atoms with Gasteiger partial charge >= 0.3 is 14.2 Å². The number of unbranched alkanes of at least 4 members (excludes halogenated alkanes) is 2. The molecule has 0 radical (unpaired) electrons. The Morgan fingerprint density at radius 3 is 2.65 bits per heavy atom. The number of ether oxygens (including phenoxy) is 2. The van der Waals surface area contributed by atoms with E-state index in [1.807, 2.05) is 13.0 Å². The Morgan fingerprint density at radius 1 is 1.06 bits per heavy atom. The van der Waals surface area contributed by atoms with Crippen LogP contribution >= 0.6 is 8.60 Å². The molecule has 0 aliphatic heterocycles. The predicted octanol–water partition coefficient (Wildman–Crippen LogP) is 4.45. The van der Waals surface area contributed by atoms with Gasteiger partial charge in [0.2, 0.25) is 0 Å². The van der Waals surface area contributed by atoms with Gasteiger partial charge in [0, 0.05) is 35.6 Å². The summed E-state index contributed by atoms with van der Waals surface area (Å²) in [5.41, 5.74) is 1.62. The lowest BCUT2D eigenvalue weighted by Gasteiger charge is -2.15. The minimum Gasteiger partial charge on any atom is -0.493 e. The predicted molar refractivity (Wildman–Crippen MR) is 118 cm³/mol. The van der Waals surface area contributed by atoms with Crippen molar-refractivity contribution in [1.82, 2.24) is 0 Å². The molecule has 2 N–H and O–H groups in total. The fraction of sp³-hybridized carbons (Fsp3) is 0.261. The molecule has 31 heavy (non-hydrogen) atoms.